The van der Waals surface area contributed by atoms with E-state index in [1.807, 2.05) is 6.07 Å². The summed E-state index contributed by atoms with van der Waals surface area (Å²) in [5, 5.41) is 11.6. The fourth-order valence-electron chi connectivity index (χ4n) is 2.19. The maximum absolute atomic E-state index is 11.8. The van der Waals surface area contributed by atoms with Crippen LogP contribution in [0.3, 0.4) is 0 Å². The smallest absolute Gasteiger partial charge is 0.224 e. The summed E-state index contributed by atoms with van der Waals surface area (Å²) in [6.45, 7) is 2.92. The van der Waals surface area contributed by atoms with Crippen LogP contribution < -0.4 is 5.32 Å². The molecule has 1 aromatic carbocycles. The maximum Gasteiger partial charge on any atom is 0.224 e. The van der Waals surface area contributed by atoms with Gasteiger partial charge in [0.2, 0.25) is 5.91 Å². The van der Waals surface area contributed by atoms with Crippen molar-refractivity contribution in [2.75, 3.05) is 31.7 Å². The minimum atomic E-state index is -0.0575. The Morgan fingerprint density at radius 3 is 3.19 bits per heavy atom. The molecule has 0 spiro atoms. The van der Waals surface area contributed by atoms with E-state index < -0.39 is 0 Å². The lowest BCUT2D eigenvalue weighted by Gasteiger charge is -2.09. The monoisotopic (exact) mass is 288 g/mol. The van der Waals surface area contributed by atoms with Gasteiger partial charge in [-0.05, 0) is 31.0 Å². The molecule has 1 atom stereocenters. The predicted molar refractivity (Wildman–Crippen MR) is 78.8 cm³/mol. The summed E-state index contributed by atoms with van der Waals surface area (Å²) >= 11 is 0. The Kier molecular flexibility index (Phi) is 6.20. The van der Waals surface area contributed by atoms with E-state index >= 15 is 0 Å². The average Bonchev–Trinajstić information content (AvgIpc) is 3.00. The number of rotatable bonds is 7. The molecule has 1 saturated heterocycles. The summed E-state index contributed by atoms with van der Waals surface area (Å²) in [5.74, 6) is 0.449. The lowest BCUT2D eigenvalue weighted by Crippen LogP contribution is -2.14. The molecule has 1 aliphatic heterocycles. The van der Waals surface area contributed by atoms with Crippen LogP contribution in [-0.2, 0) is 14.3 Å². The molecule has 21 heavy (non-hydrogen) atoms. The minimum absolute atomic E-state index is 0.0575. The van der Waals surface area contributed by atoms with Crippen LogP contribution in [0.25, 0.3) is 0 Å². The molecule has 1 unspecified atom stereocenters. The highest BCUT2D eigenvalue weighted by Crippen LogP contribution is 2.13. The fourth-order valence-corrected chi connectivity index (χ4v) is 2.19. The van der Waals surface area contributed by atoms with Crippen molar-refractivity contribution in [2.45, 2.75) is 19.3 Å². The van der Waals surface area contributed by atoms with Gasteiger partial charge in [0, 0.05) is 31.2 Å². The molecule has 2 rings (SSSR count). The zero-order valence-corrected chi connectivity index (χ0v) is 12.0. The molecular formula is C16H20N2O3. The van der Waals surface area contributed by atoms with Crippen molar-refractivity contribution in [3.8, 4) is 6.07 Å². The number of nitrogens with zero attached hydrogens (tertiary/aromatic N) is 1. The van der Waals surface area contributed by atoms with Crippen LogP contribution in [0.5, 0.6) is 0 Å². The van der Waals surface area contributed by atoms with Crippen LogP contribution >= 0.6 is 0 Å². The number of hydrogen-bond acceptors (Lipinski definition) is 4. The van der Waals surface area contributed by atoms with Crippen molar-refractivity contribution < 1.29 is 14.3 Å². The molecule has 1 fully saturated rings. The van der Waals surface area contributed by atoms with E-state index in [9.17, 15) is 4.79 Å². The summed E-state index contributed by atoms with van der Waals surface area (Å²) in [5.41, 5.74) is 1.19. The molecule has 0 aliphatic carbocycles. The van der Waals surface area contributed by atoms with Gasteiger partial charge in [-0.1, -0.05) is 6.07 Å². The second-order valence-electron chi connectivity index (χ2n) is 5.15. The third-order valence-electron chi connectivity index (χ3n) is 3.35. The molecular weight excluding hydrogens is 268 g/mol. The molecule has 5 heteroatoms. The number of ether oxygens (including phenoxy) is 2. The van der Waals surface area contributed by atoms with Gasteiger partial charge in [0.05, 0.1) is 24.8 Å². The zero-order valence-electron chi connectivity index (χ0n) is 12.0. The summed E-state index contributed by atoms with van der Waals surface area (Å²) in [6, 6.07) is 8.94. The van der Waals surface area contributed by atoms with Crippen LogP contribution in [-0.4, -0.2) is 32.3 Å². The van der Waals surface area contributed by atoms with Crippen LogP contribution in [0.1, 0.15) is 24.8 Å². The molecule has 1 heterocycles. The van der Waals surface area contributed by atoms with Crippen LogP contribution in [0.2, 0.25) is 0 Å². The molecule has 0 radical (unpaired) electrons. The Balaban J connectivity index is 1.59. The third-order valence-corrected chi connectivity index (χ3v) is 3.35. The number of anilines is 1. The number of carbonyl (C=O) groups is 1. The van der Waals surface area contributed by atoms with Crippen LogP contribution in [0, 0.1) is 17.2 Å². The topological polar surface area (TPSA) is 71.4 Å². The van der Waals surface area contributed by atoms with Gasteiger partial charge in [-0.15, -0.1) is 0 Å². The highest BCUT2D eigenvalue weighted by Gasteiger charge is 2.15. The van der Waals surface area contributed by atoms with E-state index in [2.05, 4.69) is 5.32 Å². The van der Waals surface area contributed by atoms with Crippen molar-refractivity contribution in [1.82, 2.24) is 0 Å². The SMILES string of the molecule is N#Cc1cccc(NC(=O)CCCOCC2CCOC2)c1. The van der Waals surface area contributed by atoms with Crippen molar-refractivity contribution in [1.29, 1.82) is 5.26 Å². The molecule has 1 aliphatic rings. The Morgan fingerprint density at radius 2 is 2.43 bits per heavy atom. The number of nitrogens with one attached hydrogen (secondary N) is 1. The Bertz CT molecular complexity index is 504. The van der Waals surface area contributed by atoms with Gasteiger partial charge in [0.1, 0.15) is 0 Å². The van der Waals surface area contributed by atoms with Crippen molar-refractivity contribution >= 4 is 11.6 Å². The molecule has 0 bridgehead atoms. The highest BCUT2D eigenvalue weighted by molar-refractivity contribution is 5.90. The summed E-state index contributed by atoms with van der Waals surface area (Å²) in [4.78, 5) is 11.8. The van der Waals surface area contributed by atoms with Gasteiger partial charge in [-0.2, -0.15) is 5.26 Å². The summed E-state index contributed by atoms with van der Waals surface area (Å²) in [6.07, 6.45) is 2.17. The fraction of sp³-hybridized carbons (Fsp3) is 0.500. The first-order chi connectivity index (χ1) is 10.3. The highest BCUT2D eigenvalue weighted by atomic mass is 16.5. The van der Waals surface area contributed by atoms with Crippen LogP contribution in [0.15, 0.2) is 24.3 Å². The van der Waals surface area contributed by atoms with E-state index in [0.717, 1.165) is 19.6 Å². The van der Waals surface area contributed by atoms with Gasteiger partial charge in [-0.25, -0.2) is 0 Å². The number of amides is 1. The average molecular weight is 288 g/mol. The normalized spacial score (nSPS) is 17.4. The quantitative estimate of drug-likeness (QED) is 0.782. The first-order valence-electron chi connectivity index (χ1n) is 7.23. The number of hydrogen-bond donors (Lipinski definition) is 1. The second kappa shape index (κ2) is 8.40. The Labute approximate surface area is 124 Å². The van der Waals surface area contributed by atoms with E-state index in [1.165, 1.54) is 0 Å². The second-order valence-corrected chi connectivity index (χ2v) is 5.15. The zero-order chi connectivity index (χ0) is 14.9. The predicted octanol–water partition coefficient (Wildman–Crippen LogP) is 2.33. The van der Waals surface area contributed by atoms with Gasteiger partial charge < -0.3 is 14.8 Å². The molecule has 1 amide bonds. The lowest BCUT2D eigenvalue weighted by molar-refractivity contribution is -0.116. The number of benzene rings is 1. The molecule has 1 N–H and O–H groups in total. The summed E-state index contributed by atoms with van der Waals surface area (Å²) in [7, 11) is 0. The molecule has 0 saturated carbocycles. The van der Waals surface area contributed by atoms with Gasteiger partial charge in [0.25, 0.3) is 0 Å². The summed E-state index contributed by atoms with van der Waals surface area (Å²) < 4.78 is 10.8. The Hall–Kier alpha value is -1.90. The standard InChI is InChI=1S/C16H20N2O3/c17-10-13-3-1-4-15(9-13)18-16(19)5-2-7-20-11-14-6-8-21-12-14/h1,3-4,9,14H,2,5-8,11-12H2,(H,18,19). The van der Waals surface area contributed by atoms with Gasteiger partial charge in [0.15, 0.2) is 0 Å². The van der Waals surface area contributed by atoms with Gasteiger partial charge >= 0.3 is 0 Å². The van der Waals surface area contributed by atoms with Crippen molar-refractivity contribution in [3.63, 3.8) is 0 Å². The lowest BCUT2D eigenvalue weighted by atomic mass is 10.1. The molecule has 112 valence electrons. The third kappa shape index (κ3) is 5.54. The van der Waals surface area contributed by atoms with E-state index in [4.69, 9.17) is 14.7 Å². The van der Waals surface area contributed by atoms with E-state index in [0.29, 0.717) is 43.2 Å². The van der Waals surface area contributed by atoms with Crippen molar-refractivity contribution in [2.24, 2.45) is 5.92 Å². The Morgan fingerprint density at radius 1 is 1.52 bits per heavy atom. The van der Waals surface area contributed by atoms with E-state index in [1.54, 1.807) is 24.3 Å². The van der Waals surface area contributed by atoms with Crippen LogP contribution in [0.4, 0.5) is 5.69 Å². The molecule has 5 nitrogen and oxygen atoms in total. The minimum Gasteiger partial charge on any atom is -0.381 e. The van der Waals surface area contributed by atoms with Gasteiger partial charge in [-0.3, -0.25) is 4.79 Å². The molecule has 0 aromatic heterocycles. The first kappa shape index (κ1) is 15.5. The van der Waals surface area contributed by atoms with Crippen molar-refractivity contribution in [3.05, 3.63) is 29.8 Å². The number of carbonyl (C=O) groups excluding carboxylic acids is 1. The molecule has 1 aromatic rings. The van der Waals surface area contributed by atoms with E-state index in [-0.39, 0.29) is 5.91 Å². The largest absolute Gasteiger partial charge is 0.381 e. The first-order valence-corrected chi connectivity index (χ1v) is 7.23. The maximum atomic E-state index is 11.8. The number of nitriles is 1.